The molecule has 1 heterocycles. The number of fused-ring (bicyclic) bond motifs is 1. The smallest absolute Gasteiger partial charge is 0.151 e. The number of rotatable bonds is 4. The van der Waals surface area contributed by atoms with Gasteiger partial charge in [0.05, 0.1) is 12.1 Å². The third-order valence-electron chi connectivity index (χ3n) is 3.34. The van der Waals surface area contributed by atoms with E-state index in [1.165, 1.54) is 0 Å². The first-order chi connectivity index (χ1) is 9.40. The van der Waals surface area contributed by atoms with Crippen LogP contribution in [0.2, 0.25) is 0 Å². The number of hydrogen-bond acceptors (Lipinski definition) is 3. The van der Waals surface area contributed by atoms with Crippen LogP contribution in [0.5, 0.6) is 0 Å². The summed E-state index contributed by atoms with van der Waals surface area (Å²) in [5.74, 6) is 0.214. The van der Waals surface area contributed by atoms with Gasteiger partial charge in [-0.15, -0.1) is 0 Å². The van der Waals surface area contributed by atoms with Crippen LogP contribution in [0.25, 0.3) is 10.9 Å². The van der Waals surface area contributed by atoms with Crippen LogP contribution in [0.1, 0.15) is 39.8 Å². The highest BCUT2D eigenvalue weighted by atomic mass is 16.1. The fourth-order valence-electron chi connectivity index (χ4n) is 1.98. The van der Waals surface area contributed by atoms with E-state index in [4.69, 9.17) is 4.98 Å². The van der Waals surface area contributed by atoms with Crippen molar-refractivity contribution in [3.05, 3.63) is 36.0 Å². The first-order valence-electron chi connectivity index (χ1n) is 7.07. The highest BCUT2D eigenvalue weighted by Crippen LogP contribution is 2.24. The van der Waals surface area contributed by atoms with E-state index in [-0.39, 0.29) is 11.2 Å². The Morgan fingerprint density at radius 3 is 2.60 bits per heavy atom. The molecule has 3 heteroatoms. The highest BCUT2D eigenvalue weighted by Gasteiger charge is 2.15. The zero-order chi connectivity index (χ0) is 14.8. The molecule has 106 valence electrons. The Kier molecular flexibility index (Phi) is 4.07. The van der Waals surface area contributed by atoms with Crippen LogP contribution in [0, 0.1) is 0 Å². The van der Waals surface area contributed by atoms with Crippen LogP contribution < -0.4 is 5.32 Å². The van der Waals surface area contributed by atoms with Crippen LogP contribution in [0.3, 0.4) is 0 Å². The lowest BCUT2D eigenvalue weighted by Gasteiger charge is -2.18. The van der Waals surface area contributed by atoms with Crippen molar-refractivity contribution in [3.8, 4) is 0 Å². The SMILES string of the molecule is CCC(=O)CNc1ccc2nc(C(C)(C)C)ccc2c1. The number of aromatic nitrogens is 1. The van der Waals surface area contributed by atoms with Crippen LogP contribution in [-0.2, 0) is 10.2 Å². The summed E-state index contributed by atoms with van der Waals surface area (Å²) in [6.45, 7) is 8.74. The maximum Gasteiger partial charge on any atom is 0.151 e. The molecule has 0 spiro atoms. The van der Waals surface area contributed by atoms with Crippen molar-refractivity contribution >= 4 is 22.4 Å². The molecule has 1 aromatic heterocycles. The van der Waals surface area contributed by atoms with Crippen molar-refractivity contribution < 1.29 is 4.79 Å². The molecule has 0 radical (unpaired) electrons. The molecule has 1 N–H and O–H groups in total. The van der Waals surface area contributed by atoms with E-state index in [1.54, 1.807) is 0 Å². The number of benzene rings is 1. The Balaban J connectivity index is 2.25. The summed E-state index contributed by atoms with van der Waals surface area (Å²) in [5, 5.41) is 4.24. The van der Waals surface area contributed by atoms with E-state index >= 15 is 0 Å². The predicted octanol–water partition coefficient (Wildman–Crippen LogP) is 3.92. The highest BCUT2D eigenvalue weighted by molar-refractivity contribution is 5.85. The maximum atomic E-state index is 11.3. The quantitative estimate of drug-likeness (QED) is 0.915. The third-order valence-corrected chi connectivity index (χ3v) is 3.34. The lowest BCUT2D eigenvalue weighted by Crippen LogP contribution is -2.13. The molecule has 0 fully saturated rings. The van der Waals surface area contributed by atoms with Crippen LogP contribution in [0.4, 0.5) is 5.69 Å². The van der Waals surface area contributed by atoms with Gasteiger partial charge in [-0.05, 0) is 24.3 Å². The minimum Gasteiger partial charge on any atom is -0.378 e. The summed E-state index contributed by atoms with van der Waals surface area (Å²) < 4.78 is 0. The van der Waals surface area contributed by atoms with Gasteiger partial charge in [-0.1, -0.05) is 33.8 Å². The van der Waals surface area contributed by atoms with Crippen molar-refractivity contribution in [1.29, 1.82) is 0 Å². The van der Waals surface area contributed by atoms with Gasteiger partial charge in [0, 0.05) is 28.6 Å². The zero-order valence-electron chi connectivity index (χ0n) is 12.7. The van der Waals surface area contributed by atoms with Crippen molar-refractivity contribution in [2.75, 3.05) is 11.9 Å². The molecule has 2 aromatic rings. The molecule has 0 saturated heterocycles. The molecule has 0 aliphatic heterocycles. The second kappa shape index (κ2) is 5.61. The molecule has 0 unspecified atom stereocenters. The van der Waals surface area contributed by atoms with E-state index in [2.05, 4.69) is 38.2 Å². The molecule has 2 rings (SSSR count). The standard InChI is InChI=1S/C17H22N2O/c1-5-14(20)11-18-13-7-8-15-12(10-13)6-9-16(19-15)17(2,3)4/h6-10,18H,5,11H2,1-4H3. The van der Waals surface area contributed by atoms with Gasteiger partial charge in [-0.2, -0.15) is 0 Å². The first-order valence-corrected chi connectivity index (χ1v) is 7.07. The summed E-state index contributed by atoms with van der Waals surface area (Å²) >= 11 is 0. The number of nitrogens with one attached hydrogen (secondary N) is 1. The normalized spacial score (nSPS) is 11.6. The Hall–Kier alpha value is -1.90. The number of Topliss-reactive ketones (excluding diaryl/α,β-unsaturated/α-hetero) is 1. The van der Waals surface area contributed by atoms with E-state index in [0.717, 1.165) is 22.3 Å². The summed E-state index contributed by atoms with van der Waals surface area (Å²) in [5.41, 5.74) is 3.10. The fourth-order valence-corrected chi connectivity index (χ4v) is 1.98. The number of hydrogen-bond donors (Lipinski definition) is 1. The van der Waals surface area contributed by atoms with Crippen LogP contribution >= 0.6 is 0 Å². The van der Waals surface area contributed by atoms with Crippen molar-refractivity contribution in [1.82, 2.24) is 4.98 Å². The Labute approximate surface area is 120 Å². The van der Waals surface area contributed by atoms with E-state index < -0.39 is 0 Å². The van der Waals surface area contributed by atoms with Gasteiger partial charge in [0.1, 0.15) is 0 Å². The number of pyridine rings is 1. The molecule has 1 aromatic carbocycles. The minimum absolute atomic E-state index is 0.0542. The maximum absolute atomic E-state index is 11.3. The number of nitrogens with zero attached hydrogens (tertiary/aromatic N) is 1. The van der Waals surface area contributed by atoms with Gasteiger partial charge >= 0.3 is 0 Å². The van der Waals surface area contributed by atoms with Crippen molar-refractivity contribution in [3.63, 3.8) is 0 Å². The summed E-state index contributed by atoms with van der Waals surface area (Å²) in [4.78, 5) is 16.0. The van der Waals surface area contributed by atoms with Gasteiger partial charge in [0.15, 0.2) is 5.78 Å². The molecule has 0 saturated carbocycles. The first kappa shape index (κ1) is 14.5. The van der Waals surface area contributed by atoms with E-state index in [0.29, 0.717) is 13.0 Å². The molecule has 3 nitrogen and oxygen atoms in total. The van der Waals surface area contributed by atoms with Gasteiger partial charge in [0.25, 0.3) is 0 Å². The Bertz CT molecular complexity index is 626. The topological polar surface area (TPSA) is 42.0 Å². The van der Waals surface area contributed by atoms with Crippen LogP contribution in [-0.4, -0.2) is 17.3 Å². The average Bonchev–Trinajstić information content (AvgIpc) is 2.42. The molecular formula is C17H22N2O. The summed E-state index contributed by atoms with van der Waals surface area (Å²) in [6.07, 6.45) is 0.567. The summed E-state index contributed by atoms with van der Waals surface area (Å²) in [6, 6.07) is 10.2. The minimum atomic E-state index is 0.0542. The fraction of sp³-hybridized carbons (Fsp3) is 0.412. The van der Waals surface area contributed by atoms with Crippen molar-refractivity contribution in [2.24, 2.45) is 0 Å². The lowest BCUT2D eigenvalue weighted by molar-refractivity contribution is -0.117. The van der Waals surface area contributed by atoms with Crippen molar-refractivity contribution in [2.45, 2.75) is 39.5 Å². The number of carbonyl (C=O) groups is 1. The monoisotopic (exact) mass is 270 g/mol. The van der Waals surface area contributed by atoms with Gasteiger partial charge in [-0.25, -0.2) is 0 Å². The van der Waals surface area contributed by atoms with Gasteiger partial charge in [0.2, 0.25) is 0 Å². The predicted molar refractivity (Wildman–Crippen MR) is 84.2 cm³/mol. The number of carbonyl (C=O) groups excluding carboxylic acids is 1. The third kappa shape index (κ3) is 3.35. The van der Waals surface area contributed by atoms with Crippen LogP contribution in [0.15, 0.2) is 30.3 Å². The average molecular weight is 270 g/mol. The molecule has 0 atom stereocenters. The molecule has 0 aliphatic carbocycles. The van der Waals surface area contributed by atoms with E-state index in [1.807, 2.05) is 25.1 Å². The molecule has 0 aliphatic rings. The molecule has 0 amide bonds. The molecule has 0 bridgehead atoms. The molecule has 20 heavy (non-hydrogen) atoms. The van der Waals surface area contributed by atoms with Gasteiger partial charge < -0.3 is 5.32 Å². The Morgan fingerprint density at radius 1 is 1.20 bits per heavy atom. The van der Waals surface area contributed by atoms with Gasteiger partial charge in [-0.3, -0.25) is 9.78 Å². The second-order valence-corrected chi connectivity index (χ2v) is 6.10. The summed E-state index contributed by atoms with van der Waals surface area (Å²) in [7, 11) is 0. The zero-order valence-corrected chi connectivity index (χ0v) is 12.7. The largest absolute Gasteiger partial charge is 0.378 e. The van der Waals surface area contributed by atoms with E-state index in [9.17, 15) is 4.79 Å². The number of ketones is 1. The molecular weight excluding hydrogens is 248 g/mol. The Morgan fingerprint density at radius 2 is 1.95 bits per heavy atom. The number of anilines is 1. The second-order valence-electron chi connectivity index (χ2n) is 6.10. The lowest BCUT2D eigenvalue weighted by atomic mass is 9.91.